The number of carbonyl (C=O) groups excluding carboxylic acids is 1. The van der Waals surface area contributed by atoms with Crippen molar-refractivity contribution in [1.82, 2.24) is 4.90 Å². The molecule has 1 aromatic rings. The highest BCUT2D eigenvalue weighted by Crippen LogP contribution is 2.33. The van der Waals surface area contributed by atoms with Crippen LogP contribution in [0.5, 0.6) is 0 Å². The van der Waals surface area contributed by atoms with E-state index in [1.807, 2.05) is 18.9 Å². The molecule has 0 saturated heterocycles. The molecule has 0 bridgehead atoms. The second-order valence-corrected chi connectivity index (χ2v) is 7.03. The van der Waals surface area contributed by atoms with Gasteiger partial charge in [-0.2, -0.15) is 0 Å². The Bertz CT molecular complexity index is 458. The normalized spacial score (nSPS) is 25.9. The lowest BCUT2D eigenvalue weighted by atomic mass is 9.74. The Hall–Kier alpha value is -0.580. The predicted molar refractivity (Wildman–Crippen MR) is 87.3 cm³/mol. The highest BCUT2D eigenvalue weighted by molar-refractivity contribution is 7.10. The minimum Gasteiger partial charge on any atom is -0.340 e. The van der Waals surface area contributed by atoms with Gasteiger partial charge in [0.15, 0.2) is 0 Å². The molecule has 2 unspecified atom stereocenters. The van der Waals surface area contributed by atoms with Crippen molar-refractivity contribution in [3.63, 3.8) is 0 Å². The molecule has 0 radical (unpaired) electrons. The van der Waals surface area contributed by atoms with E-state index in [-0.39, 0.29) is 29.8 Å². The first-order chi connectivity index (χ1) is 8.92. The first-order valence-electron chi connectivity index (χ1n) is 6.98. The van der Waals surface area contributed by atoms with E-state index >= 15 is 0 Å². The second-order valence-electron chi connectivity index (χ2n) is 6.03. The molecule has 1 amide bonds. The molecule has 1 fully saturated rings. The minimum atomic E-state index is -0.339. The van der Waals surface area contributed by atoms with Crippen LogP contribution in [-0.4, -0.2) is 23.4 Å². The molecular weight excluding hydrogens is 292 g/mol. The molecule has 2 N–H and O–H groups in total. The van der Waals surface area contributed by atoms with Gasteiger partial charge in [-0.15, -0.1) is 23.7 Å². The van der Waals surface area contributed by atoms with Crippen molar-refractivity contribution in [3.8, 4) is 0 Å². The van der Waals surface area contributed by atoms with Gasteiger partial charge >= 0.3 is 0 Å². The summed E-state index contributed by atoms with van der Waals surface area (Å²) in [5, 5.41) is 2.08. The number of thiophene rings is 1. The summed E-state index contributed by atoms with van der Waals surface area (Å²) in [4.78, 5) is 15.7. The molecule has 0 aliphatic heterocycles. The van der Waals surface area contributed by atoms with E-state index < -0.39 is 0 Å². The molecule has 1 aromatic heterocycles. The van der Waals surface area contributed by atoms with Crippen molar-refractivity contribution in [1.29, 1.82) is 0 Å². The number of amides is 1. The first kappa shape index (κ1) is 17.5. The zero-order valence-electron chi connectivity index (χ0n) is 12.5. The maximum atomic E-state index is 12.6. The number of hydrogen-bond acceptors (Lipinski definition) is 3. The molecule has 0 aromatic carbocycles. The van der Waals surface area contributed by atoms with E-state index in [0.717, 1.165) is 25.7 Å². The third-order valence-electron chi connectivity index (χ3n) is 4.28. The maximum Gasteiger partial charge on any atom is 0.227 e. The average Bonchev–Trinajstić information content (AvgIpc) is 2.73. The molecule has 2 atom stereocenters. The molecule has 114 valence electrons. The number of nitrogens with two attached hydrogens (primary N) is 1. The fourth-order valence-electron chi connectivity index (χ4n) is 2.89. The van der Waals surface area contributed by atoms with Crippen molar-refractivity contribution >= 4 is 29.7 Å². The number of carbonyl (C=O) groups is 1. The lowest BCUT2D eigenvalue weighted by molar-refractivity contribution is -0.138. The summed E-state index contributed by atoms with van der Waals surface area (Å²) in [6.45, 7) is 4.83. The fourth-order valence-corrected chi connectivity index (χ4v) is 3.85. The summed E-state index contributed by atoms with van der Waals surface area (Å²) < 4.78 is 0. The van der Waals surface area contributed by atoms with Crippen LogP contribution >= 0.6 is 23.7 Å². The van der Waals surface area contributed by atoms with E-state index in [1.54, 1.807) is 11.3 Å². The van der Waals surface area contributed by atoms with Crippen LogP contribution in [0, 0.1) is 12.8 Å². The number of nitrogens with zero attached hydrogens (tertiary/aromatic N) is 1. The van der Waals surface area contributed by atoms with Gasteiger partial charge in [0, 0.05) is 17.5 Å². The lowest BCUT2D eigenvalue weighted by Gasteiger charge is -2.39. The van der Waals surface area contributed by atoms with Gasteiger partial charge in [0.25, 0.3) is 0 Å². The van der Waals surface area contributed by atoms with Crippen molar-refractivity contribution in [2.24, 2.45) is 11.7 Å². The zero-order valence-corrected chi connectivity index (χ0v) is 14.1. The Labute approximate surface area is 131 Å². The minimum absolute atomic E-state index is 0. The van der Waals surface area contributed by atoms with Crippen LogP contribution < -0.4 is 5.73 Å². The van der Waals surface area contributed by atoms with Gasteiger partial charge < -0.3 is 10.6 Å². The highest BCUT2D eigenvalue weighted by atomic mass is 35.5. The average molecular weight is 317 g/mol. The largest absolute Gasteiger partial charge is 0.340 e. The Morgan fingerprint density at radius 1 is 1.55 bits per heavy atom. The summed E-state index contributed by atoms with van der Waals surface area (Å²) in [6, 6.07) is 2.10. The van der Waals surface area contributed by atoms with Crippen molar-refractivity contribution < 1.29 is 4.79 Å². The second kappa shape index (κ2) is 6.92. The van der Waals surface area contributed by atoms with Crippen molar-refractivity contribution in [2.45, 2.75) is 51.6 Å². The third-order valence-corrected chi connectivity index (χ3v) is 5.29. The summed E-state index contributed by atoms with van der Waals surface area (Å²) in [5.74, 6) is 0.184. The molecule has 1 saturated carbocycles. The molecule has 20 heavy (non-hydrogen) atoms. The standard InChI is InChI=1S/C15H24N2OS.ClH/c1-11-7-9-19-13(11)10-17(3)14(18)12-6-4-5-8-15(12,2)16;/h7,9,12H,4-6,8,10,16H2,1-3H3;1H. The third kappa shape index (κ3) is 3.74. The van der Waals surface area contributed by atoms with Crippen LogP contribution in [0.15, 0.2) is 11.4 Å². The zero-order chi connectivity index (χ0) is 14.0. The van der Waals surface area contributed by atoms with Gasteiger partial charge in [-0.05, 0) is 43.7 Å². The van der Waals surface area contributed by atoms with Gasteiger partial charge in [-0.3, -0.25) is 4.79 Å². The number of hydrogen-bond donors (Lipinski definition) is 1. The van der Waals surface area contributed by atoms with Crippen molar-refractivity contribution in [2.75, 3.05) is 7.05 Å². The fraction of sp³-hybridized carbons (Fsp3) is 0.667. The van der Waals surface area contributed by atoms with Gasteiger partial charge in [0.1, 0.15) is 0 Å². The van der Waals surface area contributed by atoms with Gasteiger partial charge in [0.2, 0.25) is 5.91 Å². The lowest BCUT2D eigenvalue weighted by Crippen LogP contribution is -2.52. The number of halogens is 1. The topological polar surface area (TPSA) is 46.3 Å². The molecule has 1 aliphatic rings. The summed E-state index contributed by atoms with van der Waals surface area (Å²) in [6.07, 6.45) is 4.15. The Balaban J connectivity index is 0.00000200. The van der Waals surface area contributed by atoms with Gasteiger partial charge in [-0.1, -0.05) is 12.8 Å². The molecule has 1 aliphatic carbocycles. The monoisotopic (exact) mass is 316 g/mol. The first-order valence-corrected chi connectivity index (χ1v) is 7.86. The Morgan fingerprint density at radius 3 is 2.80 bits per heavy atom. The number of rotatable bonds is 3. The van der Waals surface area contributed by atoms with E-state index in [1.165, 1.54) is 10.4 Å². The molecule has 2 rings (SSSR count). The quantitative estimate of drug-likeness (QED) is 0.929. The smallest absolute Gasteiger partial charge is 0.227 e. The highest BCUT2D eigenvalue weighted by Gasteiger charge is 2.39. The summed E-state index contributed by atoms with van der Waals surface area (Å²) in [7, 11) is 1.90. The van der Waals surface area contributed by atoms with Crippen LogP contribution in [0.3, 0.4) is 0 Å². The van der Waals surface area contributed by atoms with Crippen LogP contribution in [0.4, 0.5) is 0 Å². The Kier molecular flexibility index (Phi) is 6.05. The van der Waals surface area contributed by atoms with Crippen LogP contribution in [0.2, 0.25) is 0 Å². The van der Waals surface area contributed by atoms with E-state index in [4.69, 9.17) is 5.73 Å². The SMILES string of the molecule is Cc1ccsc1CN(C)C(=O)C1CCCCC1(C)N.Cl. The molecule has 5 heteroatoms. The summed E-state index contributed by atoms with van der Waals surface area (Å²) >= 11 is 1.72. The summed E-state index contributed by atoms with van der Waals surface area (Å²) in [5.41, 5.74) is 7.25. The van der Waals surface area contributed by atoms with Crippen LogP contribution in [-0.2, 0) is 11.3 Å². The van der Waals surface area contributed by atoms with Crippen LogP contribution in [0.25, 0.3) is 0 Å². The molecule has 3 nitrogen and oxygen atoms in total. The number of aryl methyl sites for hydroxylation is 1. The Morgan fingerprint density at radius 2 is 2.25 bits per heavy atom. The van der Waals surface area contributed by atoms with E-state index in [2.05, 4.69) is 18.4 Å². The van der Waals surface area contributed by atoms with Crippen LogP contribution in [0.1, 0.15) is 43.0 Å². The maximum absolute atomic E-state index is 12.6. The van der Waals surface area contributed by atoms with Gasteiger partial charge in [0.05, 0.1) is 12.5 Å². The molecule has 0 spiro atoms. The predicted octanol–water partition coefficient (Wildman–Crippen LogP) is 3.34. The van der Waals surface area contributed by atoms with E-state index in [9.17, 15) is 4.79 Å². The van der Waals surface area contributed by atoms with Gasteiger partial charge in [-0.25, -0.2) is 0 Å². The molecule has 1 heterocycles. The van der Waals surface area contributed by atoms with E-state index in [0.29, 0.717) is 6.54 Å². The van der Waals surface area contributed by atoms with Crippen molar-refractivity contribution in [3.05, 3.63) is 21.9 Å². The molecular formula is C15H25ClN2OS.